The molecule has 1 aromatic carbocycles. The Balaban J connectivity index is 1.39. The lowest BCUT2D eigenvalue weighted by Crippen LogP contribution is -2.46. The normalized spacial score (nSPS) is 23.4. The Kier molecular flexibility index (Phi) is 5.30. The second-order valence-electron chi connectivity index (χ2n) is 8.01. The van der Waals surface area contributed by atoms with E-state index in [9.17, 15) is 5.11 Å². The molecule has 3 unspecified atom stereocenters. The monoisotopic (exact) mass is 428 g/mol. The molecular formula is C22H25ClN4OS. The predicted octanol–water partition coefficient (Wildman–Crippen LogP) is 3.86. The number of fused-ring (bicyclic) bond motifs is 1. The summed E-state index contributed by atoms with van der Waals surface area (Å²) in [6.07, 6.45) is 1.07. The van der Waals surface area contributed by atoms with Crippen molar-refractivity contribution in [2.45, 2.75) is 31.2 Å². The Labute approximate surface area is 179 Å². The Hall–Kier alpha value is -1.57. The van der Waals surface area contributed by atoms with Crippen LogP contribution in [0.3, 0.4) is 0 Å². The molecule has 3 atom stereocenters. The number of halogens is 1. The molecule has 3 aromatic rings. The quantitative estimate of drug-likeness (QED) is 0.646. The first-order valence-electron chi connectivity index (χ1n) is 10.2. The van der Waals surface area contributed by atoms with Crippen LogP contribution in [0.25, 0.3) is 10.2 Å². The molecule has 1 aliphatic carbocycles. The van der Waals surface area contributed by atoms with Crippen molar-refractivity contribution in [3.63, 3.8) is 0 Å². The molecule has 29 heavy (non-hydrogen) atoms. The first kappa shape index (κ1) is 19.4. The van der Waals surface area contributed by atoms with Crippen molar-refractivity contribution in [2.75, 3.05) is 32.8 Å². The number of benzene rings is 1. The third kappa shape index (κ3) is 3.68. The van der Waals surface area contributed by atoms with Gasteiger partial charge in [0, 0.05) is 42.5 Å². The Bertz CT molecular complexity index is 1030. The molecule has 3 heterocycles. The SMILES string of the molecule is Cc1nc(C2CC2c2ccc(C(CO)N3CCNCC3)cc2Cl)c2ccsc2n1. The van der Waals surface area contributed by atoms with E-state index in [1.165, 1.54) is 10.9 Å². The summed E-state index contributed by atoms with van der Waals surface area (Å²) in [5.41, 5.74) is 3.45. The van der Waals surface area contributed by atoms with E-state index >= 15 is 0 Å². The van der Waals surface area contributed by atoms with Crippen LogP contribution < -0.4 is 5.32 Å². The molecule has 0 amide bonds. The Morgan fingerprint density at radius 1 is 1.24 bits per heavy atom. The molecule has 152 valence electrons. The highest BCUT2D eigenvalue weighted by molar-refractivity contribution is 7.16. The van der Waals surface area contributed by atoms with Crippen molar-refractivity contribution >= 4 is 33.2 Å². The zero-order valence-electron chi connectivity index (χ0n) is 16.4. The summed E-state index contributed by atoms with van der Waals surface area (Å²) in [6.45, 7) is 5.88. The maximum atomic E-state index is 9.99. The lowest BCUT2D eigenvalue weighted by atomic mass is 10.00. The molecule has 1 aliphatic heterocycles. The number of rotatable bonds is 5. The number of aryl methyl sites for hydroxylation is 1. The van der Waals surface area contributed by atoms with Crippen LogP contribution in [0.5, 0.6) is 0 Å². The summed E-state index contributed by atoms with van der Waals surface area (Å²) in [5.74, 6) is 1.64. The number of aliphatic hydroxyl groups is 1. The maximum absolute atomic E-state index is 9.99. The van der Waals surface area contributed by atoms with Crippen LogP contribution in [-0.4, -0.2) is 52.8 Å². The van der Waals surface area contributed by atoms with Crippen molar-refractivity contribution in [1.82, 2.24) is 20.2 Å². The van der Waals surface area contributed by atoms with Gasteiger partial charge in [0.2, 0.25) is 0 Å². The number of thiophene rings is 1. The van der Waals surface area contributed by atoms with Gasteiger partial charge in [0.15, 0.2) is 0 Å². The molecule has 5 rings (SSSR count). The topological polar surface area (TPSA) is 61.3 Å². The van der Waals surface area contributed by atoms with Crippen LogP contribution >= 0.6 is 22.9 Å². The minimum absolute atomic E-state index is 0.00796. The highest BCUT2D eigenvalue weighted by Crippen LogP contribution is 2.57. The summed E-state index contributed by atoms with van der Waals surface area (Å²) in [6, 6.07) is 8.50. The van der Waals surface area contributed by atoms with Crippen LogP contribution in [-0.2, 0) is 0 Å². The van der Waals surface area contributed by atoms with Gasteiger partial charge in [-0.3, -0.25) is 4.90 Å². The van der Waals surface area contributed by atoms with E-state index in [0.717, 1.165) is 59.5 Å². The van der Waals surface area contributed by atoms with Crippen molar-refractivity contribution in [3.8, 4) is 0 Å². The average Bonchev–Trinajstić information content (AvgIpc) is 3.37. The van der Waals surface area contributed by atoms with Gasteiger partial charge >= 0.3 is 0 Å². The van der Waals surface area contributed by atoms with Crippen molar-refractivity contribution in [1.29, 1.82) is 0 Å². The van der Waals surface area contributed by atoms with Gasteiger partial charge in [-0.15, -0.1) is 11.3 Å². The van der Waals surface area contributed by atoms with Gasteiger partial charge in [0.05, 0.1) is 18.3 Å². The molecule has 2 aliphatic rings. The Morgan fingerprint density at radius 2 is 2.07 bits per heavy atom. The smallest absolute Gasteiger partial charge is 0.127 e. The van der Waals surface area contributed by atoms with Crippen LogP contribution in [0.2, 0.25) is 5.02 Å². The van der Waals surface area contributed by atoms with Gasteiger partial charge in [0.25, 0.3) is 0 Å². The highest BCUT2D eigenvalue weighted by Gasteiger charge is 2.43. The molecular weight excluding hydrogens is 404 g/mol. The summed E-state index contributed by atoms with van der Waals surface area (Å²) in [5, 5.41) is 17.4. The highest BCUT2D eigenvalue weighted by atomic mass is 35.5. The lowest BCUT2D eigenvalue weighted by Gasteiger charge is -2.34. The van der Waals surface area contributed by atoms with E-state index in [-0.39, 0.29) is 12.6 Å². The van der Waals surface area contributed by atoms with E-state index < -0.39 is 0 Å². The number of nitrogens with one attached hydrogen (secondary N) is 1. The average molecular weight is 429 g/mol. The van der Waals surface area contributed by atoms with E-state index in [1.54, 1.807) is 11.3 Å². The van der Waals surface area contributed by atoms with E-state index in [4.69, 9.17) is 16.6 Å². The fourth-order valence-electron chi connectivity index (χ4n) is 4.59. The van der Waals surface area contributed by atoms with Gasteiger partial charge in [0.1, 0.15) is 10.7 Å². The summed E-state index contributed by atoms with van der Waals surface area (Å²) < 4.78 is 0. The fourth-order valence-corrected chi connectivity index (χ4v) is 5.74. The van der Waals surface area contributed by atoms with E-state index in [2.05, 4.69) is 44.8 Å². The van der Waals surface area contributed by atoms with Gasteiger partial charge in [-0.25, -0.2) is 9.97 Å². The number of aliphatic hydroxyl groups excluding tert-OH is 1. The summed E-state index contributed by atoms with van der Waals surface area (Å²) in [7, 11) is 0. The van der Waals surface area contributed by atoms with E-state index in [1.807, 2.05) is 6.92 Å². The minimum atomic E-state index is 0.00796. The number of nitrogens with zero attached hydrogens (tertiary/aromatic N) is 3. The second kappa shape index (κ2) is 7.93. The number of piperazine rings is 1. The summed E-state index contributed by atoms with van der Waals surface area (Å²) in [4.78, 5) is 12.7. The second-order valence-corrected chi connectivity index (χ2v) is 9.31. The minimum Gasteiger partial charge on any atom is -0.394 e. The maximum Gasteiger partial charge on any atom is 0.127 e. The Morgan fingerprint density at radius 3 is 2.83 bits per heavy atom. The third-order valence-corrected chi connectivity index (χ3v) is 7.32. The standard InChI is InChI=1S/C22H25ClN4OS/c1-13-25-21(16-4-9-29-22(16)26-13)18-11-17(18)15-3-2-14(10-19(15)23)20(12-28)27-7-5-24-6-8-27/h2-4,9-10,17-18,20,24,28H,5-8,11-12H2,1H3. The molecule has 0 bridgehead atoms. The lowest BCUT2D eigenvalue weighted by molar-refractivity contribution is 0.111. The van der Waals surface area contributed by atoms with Crippen molar-refractivity contribution < 1.29 is 5.11 Å². The molecule has 2 N–H and O–H groups in total. The molecule has 7 heteroatoms. The predicted molar refractivity (Wildman–Crippen MR) is 118 cm³/mol. The molecule has 2 fully saturated rings. The fraction of sp³-hybridized carbons (Fsp3) is 0.455. The summed E-state index contributed by atoms with van der Waals surface area (Å²) >= 11 is 8.41. The van der Waals surface area contributed by atoms with Gasteiger partial charge in [-0.05, 0) is 47.9 Å². The molecule has 2 aromatic heterocycles. The van der Waals surface area contributed by atoms with Crippen LogP contribution in [0.1, 0.15) is 46.9 Å². The third-order valence-electron chi connectivity index (χ3n) is 6.18. The molecule has 5 nitrogen and oxygen atoms in total. The van der Waals surface area contributed by atoms with Gasteiger partial charge in [-0.1, -0.05) is 23.7 Å². The number of hydrogen-bond acceptors (Lipinski definition) is 6. The van der Waals surface area contributed by atoms with Crippen molar-refractivity contribution in [3.05, 3.63) is 57.3 Å². The number of hydrogen-bond donors (Lipinski definition) is 2. The first-order valence-corrected chi connectivity index (χ1v) is 11.5. The van der Waals surface area contributed by atoms with E-state index in [0.29, 0.717) is 11.8 Å². The van der Waals surface area contributed by atoms with Crippen LogP contribution in [0, 0.1) is 6.92 Å². The molecule has 0 spiro atoms. The van der Waals surface area contributed by atoms with Crippen LogP contribution in [0.15, 0.2) is 29.6 Å². The van der Waals surface area contributed by atoms with Gasteiger partial charge in [-0.2, -0.15) is 0 Å². The molecule has 1 saturated heterocycles. The van der Waals surface area contributed by atoms with Crippen LogP contribution in [0.4, 0.5) is 0 Å². The zero-order chi connectivity index (χ0) is 20.0. The zero-order valence-corrected chi connectivity index (χ0v) is 18.0. The largest absolute Gasteiger partial charge is 0.394 e. The first-order chi connectivity index (χ1) is 14.2. The molecule has 1 saturated carbocycles. The van der Waals surface area contributed by atoms with Crippen molar-refractivity contribution in [2.24, 2.45) is 0 Å². The number of aromatic nitrogens is 2. The van der Waals surface area contributed by atoms with Gasteiger partial charge < -0.3 is 10.4 Å². The molecule has 0 radical (unpaired) electrons.